The average molecular weight is 359 g/mol. The zero-order chi connectivity index (χ0) is 9.03. The first-order valence-corrected chi connectivity index (χ1v) is 6.03. The second-order valence-electron chi connectivity index (χ2n) is 2.19. The van der Waals surface area contributed by atoms with Crippen LogP contribution < -0.4 is 4.74 Å². The number of rotatable bonds is 3. The molecule has 0 aliphatic rings. The van der Waals surface area contributed by atoms with E-state index in [-0.39, 0.29) is 0 Å². The summed E-state index contributed by atoms with van der Waals surface area (Å²) < 4.78 is 5.02. The number of ether oxygens (including phenoxy) is 1. The Morgan fingerprint density at radius 3 is 2.25 bits per heavy atom. The van der Waals surface area contributed by atoms with Gasteiger partial charge in [-0.3, -0.25) is 0 Å². The largest absolute Gasteiger partial charge is 0.465 e. The molecule has 0 radical (unpaired) electrons. The van der Waals surface area contributed by atoms with Crippen LogP contribution in [-0.4, -0.2) is 8.75 Å². The standard InChI is InChI=1S/C8H7Br3O/c9-6-8(10,11)12-7-4-2-1-3-5-7/h1-5H,6H2. The molecule has 0 spiro atoms. The molecule has 12 heavy (non-hydrogen) atoms. The maximum Gasteiger partial charge on any atom is 0.227 e. The van der Waals surface area contributed by atoms with Crippen molar-refractivity contribution in [2.24, 2.45) is 0 Å². The van der Waals surface area contributed by atoms with Gasteiger partial charge in [-0.05, 0) is 44.0 Å². The molecule has 66 valence electrons. The van der Waals surface area contributed by atoms with Gasteiger partial charge in [-0.25, -0.2) is 0 Å². The Morgan fingerprint density at radius 1 is 1.17 bits per heavy atom. The van der Waals surface area contributed by atoms with Crippen molar-refractivity contribution in [2.75, 3.05) is 5.33 Å². The molecule has 4 heteroatoms. The zero-order valence-corrected chi connectivity index (χ0v) is 10.9. The molecule has 0 bridgehead atoms. The number of benzene rings is 1. The highest BCUT2D eigenvalue weighted by molar-refractivity contribution is 9.26. The Balaban J connectivity index is 2.64. The van der Waals surface area contributed by atoms with Crippen molar-refractivity contribution >= 4 is 47.8 Å². The number of hydrogen-bond acceptors (Lipinski definition) is 1. The van der Waals surface area contributed by atoms with Crippen molar-refractivity contribution in [2.45, 2.75) is 3.42 Å². The molecule has 1 nitrogen and oxygen atoms in total. The van der Waals surface area contributed by atoms with Crippen LogP contribution in [0.2, 0.25) is 0 Å². The number of halogens is 3. The summed E-state index contributed by atoms with van der Waals surface area (Å²) in [6.07, 6.45) is 0. The van der Waals surface area contributed by atoms with E-state index < -0.39 is 3.42 Å². The van der Waals surface area contributed by atoms with Crippen LogP contribution in [0.5, 0.6) is 5.75 Å². The highest BCUT2D eigenvalue weighted by Crippen LogP contribution is 2.31. The zero-order valence-electron chi connectivity index (χ0n) is 6.14. The molecular formula is C8H7Br3O. The van der Waals surface area contributed by atoms with Crippen LogP contribution in [0.3, 0.4) is 0 Å². The van der Waals surface area contributed by atoms with Gasteiger partial charge in [-0.1, -0.05) is 34.1 Å². The van der Waals surface area contributed by atoms with Crippen LogP contribution >= 0.6 is 47.8 Å². The van der Waals surface area contributed by atoms with E-state index in [1.807, 2.05) is 30.3 Å². The fourth-order valence-corrected chi connectivity index (χ4v) is 1.18. The van der Waals surface area contributed by atoms with Crippen LogP contribution in [0, 0.1) is 0 Å². The quantitative estimate of drug-likeness (QED) is 0.744. The van der Waals surface area contributed by atoms with Crippen molar-refractivity contribution in [3.63, 3.8) is 0 Å². The normalized spacial score (nSPS) is 11.2. The monoisotopic (exact) mass is 356 g/mol. The first-order valence-electron chi connectivity index (χ1n) is 3.32. The molecule has 0 fully saturated rings. The molecule has 0 unspecified atom stereocenters. The van der Waals surface area contributed by atoms with Gasteiger partial charge in [0, 0.05) is 0 Å². The molecule has 0 atom stereocenters. The third kappa shape index (κ3) is 3.46. The Bertz CT molecular complexity index is 235. The fourth-order valence-electron chi connectivity index (χ4n) is 0.688. The molecule has 0 aliphatic heterocycles. The second kappa shape index (κ2) is 4.63. The summed E-state index contributed by atoms with van der Waals surface area (Å²) in [6, 6.07) is 9.62. The summed E-state index contributed by atoms with van der Waals surface area (Å²) in [4.78, 5) is 0. The molecule has 0 saturated heterocycles. The molecule has 0 aromatic heterocycles. The summed E-state index contributed by atoms with van der Waals surface area (Å²) >= 11 is 10.0. The molecular weight excluding hydrogens is 352 g/mol. The van der Waals surface area contributed by atoms with E-state index in [1.54, 1.807) is 0 Å². The van der Waals surface area contributed by atoms with Gasteiger partial charge >= 0.3 is 0 Å². The topological polar surface area (TPSA) is 9.23 Å². The van der Waals surface area contributed by atoms with Gasteiger partial charge in [-0.15, -0.1) is 0 Å². The fraction of sp³-hybridized carbons (Fsp3) is 0.250. The highest BCUT2D eigenvalue weighted by atomic mass is 79.9. The maximum absolute atomic E-state index is 5.54. The summed E-state index contributed by atoms with van der Waals surface area (Å²) in [5, 5.41) is 0.662. The van der Waals surface area contributed by atoms with Gasteiger partial charge < -0.3 is 4.74 Å². The van der Waals surface area contributed by atoms with Gasteiger partial charge in [-0.2, -0.15) is 0 Å². The van der Waals surface area contributed by atoms with Crippen molar-refractivity contribution < 1.29 is 4.74 Å². The molecule has 0 aliphatic carbocycles. The van der Waals surface area contributed by atoms with E-state index in [0.29, 0.717) is 5.33 Å². The van der Waals surface area contributed by atoms with Crippen molar-refractivity contribution in [1.82, 2.24) is 0 Å². The first kappa shape index (κ1) is 10.5. The third-order valence-corrected chi connectivity index (χ3v) is 4.35. The Kier molecular flexibility index (Phi) is 4.06. The van der Waals surface area contributed by atoms with Crippen LogP contribution in [-0.2, 0) is 0 Å². The first-order chi connectivity index (χ1) is 5.64. The Morgan fingerprint density at radius 2 is 1.75 bits per heavy atom. The minimum Gasteiger partial charge on any atom is -0.465 e. The summed E-state index contributed by atoms with van der Waals surface area (Å²) in [5.41, 5.74) is 0. The van der Waals surface area contributed by atoms with E-state index in [1.165, 1.54) is 0 Å². The lowest BCUT2D eigenvalue weighted by Gasteiger charge is -2.19. The highest BCUT2D eigenvalue weighted by Gasteiger charge is 2.22. The van der Waals surface area contributed by atoms with E-state index >= 15 is 0 Å². The van der Waals surface area contributed by atoms with Crippen LogP contribution in [0.25, 0.3) is 0 Å². The molecule has 0 heterocycles. The summed E-state index contributed by atoms with van der Waals surface area (Å²) in [5.74, 6) is 0.825. The van der Waals surface area contributed by atoms with Crippen LogP contribution in [0.15, 0.2) is 30.3 Å². The minimum atomic E-state index is -0.513. The Labute approximate surface area is 96.9 Å². The average Bonchev–Trinajstić information content (AvgIpc) is 2.06. The molecule has 1 rings (SSSR count). The lowest BCUT2D eigenvalue weighted by Crippen LogP contribution is -2.21. The second-order valence-corrected chi connectivity index (χ2v) is 6.37. The van der Waals surface area contributed by atoms with E-state index in [9.17, 15) is 0 Å². The van der Waals surface area contributed by atoms with Gasteiger partial charge in [0.05, 0.1) is 5.33 Å². The molecule has 0 N–H and O–H groups in total. The van der Waals surface area contributed by atoms with E-state index in [0.717, 1.165) is 5.75 Å². The van der Waals surface area contributed by atoms with Gasteiger partial charge in [0.2, 0.25) is 3.42 Å². The van der Waals surface area contributed by atoms with Gasteiger partial charge in [0.15, 0.2) is 0 Å². The van der Waals surface area contributed by atoms with Crippen molar-refractivity contribution in [1.29, 1.82) is 0 Å². The number of hydrogen-bond donors (Lipinski definition) is 0. The minimum absolute atomic E-state index is 0.513. The van der Waals surface area contributed by atoms with E-state index in [2.05, 4.69) is 47.8 Å². The molecule has 0 amide bonds. The maximum atomic E-state index is 5.54. The molecule has 0 saturated carbocycles. The Hall–Kier alpha value is 0.460. The predicted octanol–water partition coefficient (Wildman–Crippen LogP) is 3.90. The predicted molar refractivity (Wildman–Crippen MR) is 61.4 cm³/mol. The van der Waals surface area contributed by atoms with E-state index in [4.69, 9.17) is 4.74 Å². The van der Waals surface area contributed by atoms with Gasteiger partial charge in [0.1, 0.15) is 5.75 Å². The summed E-state index contributed by atoms with van der Waals surface area (Å²) in [6.45, 7) is 0. The smallest absolute Gasteiger partial charge is 0.227 e. The SMILES string of the molecule is BrCC(Br)(Br)Oc1ccccc1. The van der Waals surface area contributed by atoms with Gasteiger partial charge in [0.25, 0.3) is 0 Å². The van der Waals surface area contributed by atoms with Crippen molar-refractivity contribution in [3.05, 3.63) is 30.3 Å². The lowest BCUT2D eigenvalue weighted by atomic mass is 10.3. The van der Waals surface area contributed by atoms with Crippen molar-refractivity contribution in [3.8, 4) is 5.75 Å². The number of para-hydroxylation sites is 1. The lowest BCUT2D eigenvalue weighted by molar-refractivity contribution is 0.296. The molecule has 1 aromatic carbocycles. The summed E-state index contributed by atoms with van der Waals surface area (Å²) in [7, 11) is 0. The van der Waals surface area contributed by atoms with Crippen LogP contribution in [0.1, 0.15) is 0 Å². The van der Waals surface area contributed by atoms with Crippen LogP contribution in [0.4, 0.5) is 0 Å². The molecule has 1 aromatic rings. The number of alkyl halides is 3. The third-order valence-electron chi connectivity index (χ3n) is 1.17.